The molecule has 1 aliphatic carbocycles. The zero-order valence-corrected chi connectivity index (χ0v) is 8.22. The Bertz CT molecular complexity index is 382. The van der Waals surface area contributed by atoms with Gasteiger partial charge in [0.05, 0.1) is 12.7 Å². The van der Waals surface area contributed by atoms with E-state index >= 15 is 0 Å². The van der Waals surface area contributed by atoms with Crippen molar-refractivity contribution in [3.63, 3.8) is 0 Å². The molecule has 0 radical (unpaired) electrons. The van der Waals surface area contributed by atoms with Crippen molar-refractivity contribution in [3.05, 3.63) is 35.1 Å². The van der Waals surface area contributed by atoms with Crippen molar-refractivity contribution in [3.8, 4) is 0 Å². The summed E-state index contributed by atoms with van der Waals surface area (Å²) in [6.07, 6.45) is 2.53. The van der Waals surface area contributed by atoms with E-state index in [9.17, 15) is 4.39 Å². The Labute approximate surface area is 82.9 Å². The number of ether oxygens (including phenoxy) is 1. The highest BCUT2D eigenvalue weighted by molar-refractivity contribution is 5.41. The third-order valence-electron chi connectivity index (χ3n) is 3.66. The molecule has 0 N–H and O–H groups in total. The average Bonchev–Trinajstić information content (AvgIpc) is 2.94. The van der Waals surface area contributed by atoms with Gasteiger partial charge in [-0.25, -0.2) is 4.39 Å². The second-order valence-electron chi connectivity index (χ2n) is 4.41. The van der Waals surface area contributed by atoms with Crippen LogP contribution in [0.1, 0.15) is 30.9 Å². The minimum atomic E-state index is -0.121. The Morgan fingerprint density at radius 2 is 2.21 bits per heavy atom. The fourth-order valence-corrected chi connectivity index (χ4v) is 2.54. The summed E-state index contributed by atoms with van der Waals surface area (Å²) in [5, 5.41) is 0. The van der Waals surface area contributed by atoms with Gasteiger partial charge in [0.15, 0.2) is 0 Å². The number of halogens is 1. The van der Waals surface area contributed by atoms with Crippen molar-refractivity contribution < 1.29 is 9.13 Å². The summed E-state index contributed by atoms with van der Waals surface area (Å²) in [4.78, 5) is 0. The van der Waals surface area contributed by atoms with E-state index in [1.165, 1.54) is 17.2 Å². The van der Waals surface area contributed by atoms with Gasteiger partial charge < -0.3 is 4.74 Å². The van der Waals surface area contributed by atoms with Crippen LogP contribution in [0.15, 0.2) is 18.2 Å². The van der Waals surface area contributed by atoms with Gasteiger partial charge in [0.1, 0.15) is 5.82 Å². The third kappa shape index (κ3) is 0.976. The molecule has 1 nitrogen and oxygen atoms in total. The largest absolute Gasteiger partial charge is 0.373 e. The molecule has 74 valence electrons. The summed E-state index contributed by atoms with van der Waals surface area (Å²) < 4.78 is 18.9. The van der Waals surface area contributed by atoms with E-state index in [1.807, 2.05) is 6.07 Å². The molecule has 1 aliphatic heterocycles. The minimum Gasteiger partial charge on any atom is -0.373 e. The van der Waals surface area contributed by atoms with Crippen LogP contribution >= 0.6 is 0 Å². The number of fused-ring (bicyclic) bond motifs is 2. The second kappa shape index (κ2) is 2.57. The maximum Gasteiger partial charge on any atom is 0.123 e. The van der Waals surface area contributed by atoms with Gasteiger partial charge in [-0.3, -0.25) is 0 Å². The summed E-state index contributed by atoms with van der Waals surface area (Å²) in [5.41, 5.74) is 2.51. The Balaban J connectivity index is 2.16. The van der Waals surface area contributed by atoms with Gasteiger partial charge in [-0.15, -0.1) is 0 Å². The molecular formula is C12H13FO. The number of rotatable bonds is 0. The summed E-state index contributed by atoms with van der Waals surface area (Å²) in [7, 11) is 0. The van der Waals surface area contributed by atoms with E-state index in [0.29, 0.717) is 6.61 Å². The highest BCUT2D eigenvalue weighted by Crippen LogP contribution is 2.55. The van der Waals surface area contributed by atoms with Crippen LogP contribution in [-0.2, 0) is 16.8 Å². The molecule has 1 aromatic rings. The van der Waals surface area contributed by atoms with Crippen LogP contribution in [0, 0.1) is 5.82 Å². The first-order chi connectivity index (χ1) is 6.72. The van der Waals surface area contributed by atoms with E-state index < -0.39 is 0 Å². The molecule has 14 heavy (non-hydrogen) atoms. The molecule has 1 fully saturated rings. The first kappa shape index (κ1) is 8.42. The van der Waals surface area contributed by atoms with Crippen LogP contribution < -0.4 is 0 Å². The number of benzene rings is 1. The maximum atomic E-state index is 13.2. The van der Waals surface area contributed by atoms with Gasteiger partial charge in [-0.1, -0.05) is 6.07 Å². The SMILES string of the molecule is CC1OCc2ccc(F)cc2C12CC2. The molecule has 0 bridgehead atoms. The highest BCUT2D eigenvalue weighted by atomic mass is 19.1. The molecule has 1 atom stereocenters. The van der Waals surface area contributed by atoms with Crippen molar-refractivity contribution in [1.29, 1.82) is 0 Å². The first-order valence-corrected chi connectivity index (χ1v) is 5.13. The summed E-state index contributed by atoms with van der Waals surface area (Å²) >= 11 is 0. The van der Waals surface area contributed by atoms with Gasteiger partial charge in [-0.2, -0.15) is 0 Å². The summed E-state index contributed by atoms with van der Waals surface area (Å²) in [6.45, 7) is 2.74. The molecule has 2 aliphatic rings. The van der Waals surface area contributed by atoms with E-state index in [4.69, 9.17) is 4.74 Å². The normalized spacial score (nSPS) is 27.4. The van der Waals surface area contributed by atoms with Crippen molar-refractivity contribution in [2.45, 2.75) is 37.9 Å². The zero-order valence-electron chi connectivity index (χ0n) is 8.22. The molecule has 1 spiro atoms. The molecule has 1 heterocycles. The van der Waals surface area contributed by atoms with Crippen LogP contribution in [-0.4, -0.2) is 6.10 Å². The van der Waals surface area contributed by atoms with Crippen molar-refractivity contribution >= 4 is 0 Å². The fraction of sp³-hybridized carbons (Fsp3) is 0.500. The lowest BCUT2D eigenvalue weighted by molar-refractivity contribution is 0.0116. The van der Waals surface area contributed by atoms with Gasteiger partial charge in [-0.05, 0) is 43.0 Å². The predicted molar refractivity (Wildman–Crippen MR) is 51.6 cm³/mol. The molecule has 1 saturated carbocycles. The Hall–Kier alpha value is -0.890. The van der Waals surface area contributed by atoms with Gasteiger partial charge >= 0.3 is 0 Å². The maximum absolute atomic E-state index is 13.2. The average molecular weight is 192 g/mol. The Morgan fingerprint density at radius 3 is 2.93 bits per heavy atom. The van der Waals surface area contributed by atoms with Gasteiger partial charge in [0.2, 0.25) is 0 Å². The third-order valence-corrected chi connectivity index (χ3v) is 3.66. The van der Waals surface area contributed by atoms with Crippen molar-refractivity contribution in [2.24, 2.45) is 0 Å². The number of hydrogen-bond acceptors (Lipinski definition) is 1. The molecule has 1 aromatic carbocycles. The first-order valence-electron chi connectivity index (χ1n) is 5.13. The molecule has 1 unspecified atom stereocenters. The summed E-state index contributed by atoms with van der Waals surface area (Å²) in [6, 6.07) is 5.08. The highest BCUT2D eigenvalue weighted by Gasteiger charge is 2.52. The van der Waals surface area contributed by atoms with E-state index in [2.05, 4.69) is 6.92 Å². The molecule has 3 rings (SSSR count). The minimum absolute atomic E-state index is 0.121. The monoisotopic (exact) mass is 192 g/mol. The van der Waals surface area contributed by atoms with Crippen LogP contribution in [0.2, 0.25) is 0 Å². The molecule has 0 saturated heterocycles. The van der Waals surface area contributed by atoms with E-state index in [1.54, 1.807) is 6.07 Å². The quantitative estimate of drug-likeness (QED) is 0.614. The molecule has 2 heteroatoms. The van der Waals surface area contributed by atoms with Crippen LogP contribution in [0.25, 0.3) is 0 Å². The lowest BCUT2D eigenvalue weighted by Crippen LogP contribution is -2.31. The smallest absolute Gasteiger partial charge is 0.123 e. The van der Waals surface area contributed by atoms with Gasteiger partial charge in [0, 0.05) is 5.41 Å². The van der Waals surface area contributed by atoms with E-state index in [0.717, 1.165) is 12.8 Å². The topological polar surface area (TPSA) is 9.23 Å². The zero-order chi connectivity index (χ0) is 9.76. The second-order valence-corrected chi connectivity index (χ2v) is 4.41. The van der Waals surface area contributed by atoms with Crippen LogP contribution in [0.3, 0.4) is 0 Å². The van der Waals surface area contributed by atoms with Crippen LogP contribution in [0.4, 0.5) is 4.39 Å². The number of hydrogen-bond donors (Lipinski definition) is 0. The standard InChI is InChI=1S/C12H13FO/c1-8-12(4-5-12)11-6-10(13)3-2-9(11)7-14-8/h2-3,6,8H,4-5,7H2,1H3. The van der Waals surface area contributed by atoms with Gasteiger partial charge in [0.25, 0.3) is 0 Å². The molecule has 0 aromatic heterocycles. The molecular weight excluding hydrogens is 179 g/mol. The Kier molecular flexibility index (Phi) is 1.55. The fourth-order valence-electron chi connectivity index (χ4n) is 2.54. The summed E-state index contributed by atoms with van der Waals surface area (Å²) in [5.74, 6) is -0.121. The van der Waals surface area contributed by atoms with Crippen molar-refractivity contribution in [1.82, 2.24) is 0 Å². The molecule has 0 amide bonds. The van der Waals surface area contributed by atoms with Crippen molar-refractivity contribution in [2.75, 3.05) is 0 Å². The lowest BCUT2D eigenvalue weighted by Gasteiger charge is -2.31. The Morgan fingerprint density at radius 1 is 1.43 bits per heavy atom. The predicted octanol–water partition coefficient (Wildman–Crippen LogP) is 2.78. The van der Waals surface area contributed by atoms with Crippen LogP contribution in [0.5, 0.6) is 0 Å². The van der Waals surface area contributed by atoms with E-state index in [-0.39, 0.29) is 17.3 Å². The lowest BCUT2D eigenvalue weighted by atomic mass is 9.85.